The predicted octanol–water partition coefficient (Wildman–Crippen LogP) is 2.50. The van der Waals surface area contributed by atoms with Crippen LogP contribution in [0.5, 0.6) is 11.5 Å². The van der Waals surface area contributed by atoms with Crippen molar-refractivity contribution in [2.24, 2.45) is 5.73 Å². The van der Waals surface area contributed by atoms with Crippen LogP contribution in [0.25, 0.3) is 10.9 Å². The summed E-state index contributed by atoms with van der Waals surface area (Å²) in [7, 11) is 1.52. The molecular formula is C28H34ClN5O7. The normalized spacial score (nSPS) is 15.0. The number of amides is 2. The van der Waals surface area contributed by atoms with E-state index >= 15 is 0 Å². The van der Waals surface area contributed by atoms with E-state index < -0.39 is 12.2 Å². The topological polar surface area (TPSA) is 170 Å². The molecule has 2 aromatic carbocycles. The van der Waals surface area contributed by atoms with E-state index in [0.717, 1.165) is 9.98 Å². The molecular weight excluding hydrogens is 554 g/mol. The van der Waals surface area contributed by atoms with E-state index in [1.54, 1.807) is 30.3 Å². The monoisotopic (exact) mass is 587 g/mol. The molecule has 0 spiro atoms. The zero-order valence-electron chi connectivity index (χ0n) is 22.6. The molecule has 12 nitrogen and oxygen atoms in total. The van der Waals surface area contributed by atoms with Gasteiger partial charge in [0.25, 0.3) is 0 Å². The number of likely N-dealkylation sites (tertiary alicyclic amines) is 1. The summed E-state index contributed by atoms with van der Waals surface area (Å²) in [5, 5.41) is 24.6. The van der Waals surface area contributed by atoms with E-state index in [0.29, 0.717) is 61.4 Å². The Bertz CT molecular complexity index is 1440. The number of aliphatic hydroxyl groups excluding tert-OH is 1. The van der Waals surface area contributed by atoms with Crippen LogP contribution in [0.1, 0.15) is 36.5 Å². The van der Waals surface area contributed by atoms with Gasteiger partial charge in [-0.2, -0.15) is 0 Å². The molecule has 0 saturated carbocycles. The first-order valence-corrected chi connectivity index (χ1v) is 13.6. The van der Waals surface area contributed by atoms with E-state index in [-0.39, 0.29) is 41.8 Å². The lowest BCUT2D eigenvalue weighted by molar-refractivity contribution is -0.117. The maximum atomic E-state index is 12.8. The molecule has 0 radical (unpaired) electrons. The Hall–Kier alpha value is -3.84. The number of nitrogens with zero attached hydrogens (tertiary/aromatic N) is 2. The molecule has 0 aliphatic carbocycles. The highest BCUT2D eigenvalue weighted by Crippen LogP contribution is 2.30. The number of nitrogens with two attached hydrogens (primary N) is 1. The number of aromatic nitrogens is 1. The van der Waals surface area contributed by atoms with Crippen LogP contribution in [0.15, 0.2) is 47.3 Å². The standard InChI is InChI=1S/C28H34ClN5O7/c1-40-24-14-18(34(29)26(38)10-13-33-11-8-19(9-12-33)41-28(30)39)3-2-17(24)15-31-16-23(36)20-4-6-22(35)27-21(20)5-7-25(37)32-27/h2-7,14,19,23,31,35-36H,8-13,15-16H2,1H3,(H2,30,39)(H,32,37). The number of primary amides is 1. The van der Waals surface area contributed by atoms with Crippen LogP contribution < -0.4 is 25.8 Å². The molecule has 3 aromatic rings. The molecule has 2 heterocycles. The van der Waals surface area contributed by atoms with E-state index in [2.05, 4.69) is 15.2 Å². The molecule has 1 unspecified atom stereocenters. The van der Waals surface area contributed by atoms with Gasteiger partial charge in [-0.05, 0) is 36.6 Å². The molecule has 0 bridgehead atoms. The lowest BCUT2D eigenvalue weighted by Gasteiger charge is -2.31. The summed E-state index contributed by atoms with van der Waals surface area (Å²) in [4.78, 5) is 40.0. The summed E-state index contributed by atoms with van der Waals surface area (Å²) in [6.45, 7) is 2.47. The number of hydrogen-bond acceptors (Lipinski definition) is 9. The quantitative estimate of drug-likeness (QED) is 0.211. The fourth-order valence-electron chi connectivity index (χ4n) is 4.92. The van der Waals surface area contributed by atoms with Crippen LogP contribution in [0.4, 0.5) is 10.5 Å². The highest BCUT2D eigenvalue weighted by Gasteiger charge is 2.23. The van der Waals surface area contributed by atoms with Crippen molar-refractivity contribution in [2.45, 2.75) is 38.0 Å². The molecule has 1 fully saturated rings. The molecule has 1 aliphatic rings. The first-order valence-electron chi connectivity index (χ1n) is 13.2. The second-order valence-electron chi connectivity index (χ2n) is 9.83. The number of fused-ring (bicyclic) bond motifs is 1. The zero-order chi connectivity index (χ0) is 29.5. The smallest absolute Gasteiger partial charge is 0.404 e. The summed E-state index contributed by atoms with van der Waals surface area (Å²) in [6.07, 6.45) is -0.323. The molecule has 1 aromatic heterocycles. The number of carbonyl (C=O) groups is 2. The van der Waals surface area contributed by atoms with E-state index in [4.69, 9.17) is 27.0 Å². The Kier molecular flexibility index (Phi) is 10.1. The third-order valence-electron chi connectivity index (χ3n) is 7.09. The molecule has 6 N–H and O–H groups in total. The molecule has 220 valence electrons. The molecule has 1 atom stereocenters. The fourth-order valence-corrected chi connectivity index (χ4v) is 5.11. The van der Waals surface area contributed by atoms with Gasteiger partial charge in [0, 0.05) is 74.0 Å². The van der Waals surface area contributed by atoms with Gasteiger partial charge in [-0.25, -0.2) is 9.21 Å². The number of nitrogens with one attached hydrogen (secondary N) is 2. The summed E-state index contributed by atoms with van der Waals surface area (Å²) < 4.78 is 11.6. The largest absolute Gasteiger partial charge is 0.506 e. The number of rotatable bonds is 11. The van der Waals surface area contributed by atoms with Crippen LogP contribution in [0.3, 0.4) is 0 Å². The fraction of sp³-hybridized carbons (Fsp3) is 0.393. The zero-order valence-corrected chi connectivity index (χ0v) is 23.4. The number of anilines is 1. The Balaban J connectivity index is 1.30. The van der Waals surface area contributed by atoms with Gasteiger partial charge in [-0.3, -0.25) is 9.59 Å². The third kappa shape index (κ3) is 7.67. The maximum Gasteiger partial charge on any atom is 0.404 e. The van der Waals surface area contributed by atoms with Crippen molar-refractivity contribution in [3.05, 3.63) is 63.9 Å². The first kappa shape index (κ1) is 30.1. The average molecular weight is 588 g/mol. The van der Waals surface area contributed by atoms with Crippen molar-refractivity contribution < 1.29 is 29.3 Å². The summed E-state index contributed by atoms with van der Waals surface area (Å²) in [6, 6.07) is 11.1. The van der Waals surface area contributed by atoms with E-state index in [1.165, 1.54) is 19.2 Å². The summed E-state index contributed by atoms with van der Waals surface area (Å²) in [5.41, 5.74) is 6.82. The average Bonchev–Trinajstić information content (AvgIpc) is 2.96. The lowest BCUT2D eigenvalue weighted by Crippen LogP contribution is -2.40. The molecule has 1 saturated heterocycles. The highest BCUT2D eigenvalue weighted by atomic mass is 35.5. The number of hydrogen-bond donors (Lipinski definition) is 5. The van der Waals surface area contributed by atoms with Gasteiger partial charge in [0.05, 0.1) is 24.4 Å². The van der Waals surface area contributed by atoms with Crippen molar-refractivity contribution in [3.63, 3.8) is 0 Å². The van der Waals surface area contributed by atoms with Crippen molar-refractivity contribution in [1.82, 2.24) is 15.2 Å². The highest BCUT2D eigenvalue weighted by molar-refractivity contribution is 6.36. The van der Waals surface area contributed by atoms with Gasteiger partial charge >= 0.3 is 6.09 Å². The Morgan fingerprint density at radius 2 is 1.98 bits per heavy atom. The molecule has 2 amide bonds. The number of aliphatic hydroxyl groups is 1. The maximum absolute atomic E-state index is 12.8. The number of methoxy groups -OCH3 is 1. The van der Waals surface area contributed by atoms with Gasteiger partial charge < -0.3 is 40.6 Å². The van der Waals surface area contributed by atoms with Crippen LogP contribution in [0, 0.1) is 0 Å². The van der Waals surface area contributed by atoms with Crippen LogP contribution >= 0.6 is 11.8 Å². The van der Waals surface area contributed by atoms with Gasteiger partial charge in [0.1, 0.15) is 17.6 Å². The van der Waals surface area contributed by atoms with E-state index in [1.807, 2.05) is 0 Å². The van der Waals surface area contributed by atoms with Crippen LogP contribution in [0.2, 0.25) is 0 Å². The minimum absolute atomic E-state index is 0.0740. The molecule has 1 aliphatic heterocycles. The van der Waals surface area contributed by atoms with Crippen molar-refractivity contribution in [2.75, 3.05) is 37.7 Å². The Morgan fingerprint density at radius 1 is 1.22 bits per heavy atom. The number of H-pyrrole nitrogens is 1. The van der Waals surface area contributed by atoms with E-state index in [9.17, 15) is 24.6 Å². The van der Waals surface area contributed by atoms with Gasteiger partial charge in [0.2, 0.25) is 11.5 Å². The van der Waals surface area contributed by atoms with Crippen LogP contribution in [-0.4, -0.2) is 71.5 Å². The SMILES string of the molecule is COc1cc(N(Cl)C(=O)CCN2CCC(OC(N)=O)CC2)ccc1CNCC(O)c1ccc(O)c2[nH]c(=O)ccc12. The van der Waals surface area contributed by atoms with Gasteiger partial charge in [0.15, 0.2) is 0 Å². The number of phenols is 1. The molecule has 41 heavy (non-hydrogen) atoms. The number of pyridine rings is 1. The Morgan fingerprint density at radius 3 is 2.68 bits per heavy atom. The summed E-state index contributed by atoms with van der Waals surface area (Å²) >= 11 is 6.37. The summed E-state index contributed by atoms with van der Waals surface area (Å²) in [5.74, 6) is 0.183. The number of ether oxygens (including phenoxy) is 2. The lowest BCUT2D eigenvalue weighted by atomic mass is 10.0. The first-order chi connectivity index (χ1) is 19.7. The van der Waals surface area contributed by atoms with Crippen molar-refractivity contribution >= 4 is 40.4 Å². The van der Waals surface area contributed by atoms with Gasteiger partial charge in [-0.15, -0.1) is 0 Å². The number of piperidine rings is 1. The number of aromatic hydroxyl groups is 1. The van der Waals surface area contributed by atoms with Crippen molar-refractivity contribution in [3.8, 4) is 11.5 Å². The second kappa shape index (κ2) is 13.7. The van der Waals surface area contributed by atoms with Crippen molar-refractivity contribution in [1.29, 1.82) is 0 Å². The van der Waals surface area contributed by atoms with Gasteiger partial charge in [-0.1, -0.05) is 12.1 Å². The minimum atomic E-state index is -0.910. The third-order valence-corrected chi connectivity index (χ3v) is 7.48. The minimum Gasteiger partial charge on any atom is -0.506 e. The number of aromatic amines is 1. The Labute approximate surface area is 241 Å². The number of carbonyl (C=O) groups excluding carboxylic acids is 2. The second-order valence-corrected chi connectivity index (χ2v) is 10.2. The van der Waals surface area contributed by atoms with Crippen LogP contribution in [-0.2, 0) is 16.1 Å². The number of phenolic OH excluding ortho intramolecular Hbond substituents is 1. The molecule has 13 heteroatoms. The number of halogens is 1. The number of benzene rings is 2. The molecule has 4 rings (SSSR count). The predicted molar refractivity (Wildman–Crippen MR) is 154 cm³/mol.